The lowest BCUT2D eigenvalue weighted by atomic mass is 10.0. The van der Waals surface area contributed by atoms with Gasteiger partial charge in [-0.2, -0.15) is 0 Å². The third kappa shape index (κ3) is 5.62. The molecule has 210 valence electrons. The van der Waals surface area contributed by atoms with Gasteiger partial charge in [0.25, 0.3) is 15.9 Å². The fourth-order valence-electron chi connectivity index (χ4n) is 4.92. The molecule has 3 aromatic carbocycles. The number of para-hydroxylation sites is 2. The van der Waals surface area contributed by atoms with Crippen molar-refractivity contribution < 1.29 is 13.2 Å². The van der Waals surface area contributed by atoms with Crippen molar-refractivity contribution in [1.82, 2.24) is 9.88 Å². The van der Waals surface area contributed by atoms with E-state index in [4.69, 9.17) is 16.6 Å². The Kier molecular flexibility index (Phi) is 7.60. The van der Waals surface area contributed by atoms with Crippen LogP contribution in [0.25, 0.3) is 20.8 Å². The van der Waals surface area contributed by atoms with Gasteiger partial charge in [-0.15, -0.1) is 22.7 Å². The molecule has 0 saturated carbocycles. The number of amides is 1. The number of hydrogen-bond acceptors (Lipinski definition) is 7. The molecule has 2 aromatic heterocycles. The number of carbonyl (C=O) groups is 1. The van der Waals surface area contributed by atoms with Crippen LogP contribution in [0.15, 0.2) is 77.7 Å². The van der Waals surface area contributed by atoms with Crippen LogP contribution in [0.5, 0.6) is 0 Å². The molecule has 0 spiro atoms. The lowest BCUT2D eigenvalue weighted by molar-refractivity contribution is 0.102. The van der Waals surface area contributed by atoms with E-state index in [9.17, 15) is 13.2 Å². The summed E-state index contributed by atoms with van der Waals surface area (Å²) in [5.41, 5.74) is 3.51. The number of sulfonamides is 1. The average Bonchev–Trinajstić information content (AvgIpc) is 3.53. The van der Waals surface area contributed by atoms with Gasteiger partial charge in [0.15, 0.2) is 0 Å². The van der Waals surface area contributed by atoms with Crippen LogP contribution in [-0.4, -0.2) is 36.8 Å². The van der Waals surface area contributed by atoms with E-state index in [2.05, 4.69) is 34.9 Å². The molecule has 2 N–H and O–H groups in total. The summed E-state index contributed by atoms with van der Waals surface area (Å²) in [6, 6.07) is 20.9. The SMILES string of the molecule is CC(C)N1CCc2c(sc(NC(=O)c3ccccc3NS(=O)(=O)c3ccc(Cl)cc3)c2-c2nc3ccccc3s2)C1. The second kappa shape index (κ2) is 11.2. The summed E-state index contributed by atoms with van der Waals surface area (Å²) in [6.07, 6.45) is 0.864. The fourth-order valence-corrected chi connectivity index (χ4v) is 8.50. The minimum atomic E-state index is -3.94. The quantitative estimate of drug-likeness (QED) is 0.196. The molecule has 7 nitrogen and oxygen atoms in total. The highest BCUT2D eigenvalue weighted by atomic mass is 35.5. The standard InChI is InChI=1S/C30H27ClN4O3S3/c1-18(2)35-16-15-22-26(17-35)40-30(27(22)29-32-24-9-5-6-10-25(24)39-29)33-28(36)21-7-3-4-8-23(21)34-41(37,38)20-13-11-19(31)12-14-20/h3-14,18,34H,15-17H2,1-2H3,(H,33,36). The second-order valence-electron chi connectivity index (χ2n) is 10.1. The number of halogens is 1. The molecule has 0 bridgehead atoms. The molecular weight excluding hydrogens is 596 g/mol. The van der Waals surface area contributed by atoms with Gasteiger partial charge >= 0.3 is 0 Å². The summed E-state index contributed by atoms with van der Waals surface area (Å²) in [5.74, 6) is -0.402. The highest BCUT2D eigenvalue weighted by Crippen LogP contribution is 2.46. The average molecular weight is 623 g/mol. The van der Waals surface area contributed by atoms with Crippen molar-refractivity contribution in [1.29, 1.82) is 0 Å². The predicted octanol–water partition coefficient (Wildman–Crippen LogP) is 7.50. The molecule has 5 aromatic rings. The van der Waals surface area contributed by atoms with Crippen molar-refractivity contribution in [3.63, 3.8) is 0 Å². The molecule has 41 heavy (non-hydrogen) atoms. The Morgan fingerprint density at radius 1 is 1.00 bits per heavy atom. The number of benzene rings is 3. The van der Waals surface area contributed by atoms with E-state index in [1.54, 1.807) is 46.9 Å². The van der Waals surface area contributed by atoms with Crippen LogP contribution in [0.4, 0.5) is 10.7 Å². The van der Waals surface area contributed by atoms with Gasteiger partial charge < -0.3 is 5.32 Å². The number of thiazole rings is 1. The van der Waals surface area contributed by atoms with Gasteiger partial charge in [0.1, 0.15) is 10.0 Å². The monoisotopic (exact) mass is 622 g/mol. The highest BCUT2D eigenvalue weighted by molar-refractivity contribution is 7.92. The molecule has 0 atom stereocenters. The number of fused-ring (bicyclic) bond motifs is 2. The van der Waals surface area contributed by atoms with E-state index < -0.39 is 15.9 Å². The molecule has 1 amide bonds. The zero-order chi connectivity index (χ0) is 28.7. The summed E-state index contributed by atoms with van der Waals surface area (Å²) < 4.78 is 29.8. The Morgan fingerprint density at radius 3 is 2.49 bits per heavy atom. The van der Waals surface area contributed by atoms with Crippen LogP contribution in [0.2, 0.25) is 5.02 Å². The van der Waals surface area contributed by atoms with Gasteiger partial charge in [0.2, 0.25) is 0 Å². The van der Waals surface area contributed by atoms with Crippen LogP contribution in [0, 0.1) is 0 Å². The number of anilines is 2. The number of nitrogens with zero attached hydrogens (tertiary/aromatic N) is 2. The van der Waals surface area contributed by atoms with Gasteiger partial charge in [-0.25, -0.2) is 13.4 Å². The number of nitrogens with one attached hydrogen (secondary N) is 2. The van der Waals surface area contributed by atoms with E-state index in [-0.39, 0.29) is 16.1 Å². The zero-order valence-electron chi connectivity index (χ0n) is 22.3. The lowest BCUT2D eigenvalue weighted by Crippen LogP contribution is -2.35. The molecule has 0 aliphatic carbocycles. The maximum atomic E-state index is 13.8. The third-order valence-corrected chi connectivity index (χ3v) is 10.9. The number of thiophene rings is 1. The van der Waals surface area contributed by atoms with Gasteiger partial charge in [0.05, 0.1) is 26.4 Å². The topological polar surface area (TPSA) is 91.4 Å². The van der Waals surface area contributed by atoms with E-state index in [1.165, 1.54) is 34.7 Å². The Balaban J connectivity index is 1.36. The van der Waals surface area contributed by atoms with Gasteiger partial charge in [-0.05, 0) is 74.4 Å². The number of hydrogen-bond donors (Lipinski definition) is 2. The van der Waals surface area contributed by atoms with E-state index in [1.807, 2.05) is 18.2 Å². The largest absolute Gasteiger partial charge is 0.313 e. The van der Waals surface area contributed by atoms with Crippen molar-refractivity contribution in [2.45, 2.75) is 37.8 Å². The molecule has 1 aliphatic heterocycles. The van der Waals surface area contributed by atoms with Crippen molar-refractivity contribution in [3.05, 3.63) is 93.8 Å². The van der Waals surface area contributed by atoms with Crippen LogP contribution in [0.1, 0.15) is 34.6 Å². The van der Waals surface area contributed by atoms with Crippen LogP contribution < -0.4 is 10.0 Å². The maximum Gasteiger partial charge on any atom is 0.261 e. The zero-order valence-corrected chi connectivity index (χ0v) is 25.6. The first-order valence-corrected chi connectivity index (χ1v) is 16.6. The van der Waals surface area contributed by atoms with E-state index in [0.717, 1.165) is 45.3 Å². The summed E-state index contributed by atoms with van der Waals surface area (Å²) in [4.78, 5) is 22.4. The summed E-state index contributed by atoms with van der Waals surface area (Å²) in [6.45, 7) is 6.13. The van der Waals surface area contributed by atoms with Gasteiger partial charge in [-0.1, -0.05) is 35.9 Å². The molecule has 1 aliphatic rings. The first-order chi connectivity index (χ1) is 19.7. The molecule has 0 unspecified atom stereocenters. The van der Waals surface area contributed by atoms with Crippen LogP contribution >= 0.6 is 34.3 Å². The van der Waals surface area contributed by atoms with Crippen molar-refractivity contribution >= 4 is 71.1 Å². The summed E-state index contributed by atoms with van der Waals surface area (Å²) in [5, 5.41) is 5.14. The van der Waals surface area contributed by atoms with Crippen molar-refractivity contribution in [2.75, 3.05) is 16.6 Å². The van der Waals surface area contributed by atoms with E-state index >= 15 is 0 Å². The smallest absolute Gasteiger partial charge is 0.261 e. The fraction of sp³-hybridized carbons (Fsp3) is 0.200. The normalized spacial score (nSPS) is 13.9. The summed E-state index contributed by atoms with van der Waals surface area (Å²) >= 11 is 9.11. The van der Waals surface area contributed by atoms with Crippen molar-refractivity contribution in [2.24, 2.45) is 0 Å². The number of rotatable bonds is 7. The molecular formula is C30H27ClN4O3S3. The number of carbonyl (C=O) groups excluding carboxylic acids is 1. The maximum absolute atomic E-state index is 13.8. The second-order valence-corrected chi connectivity index (χ2v) is 14.3. The lowest BCUT2D eigenvalue weighted by Gasteiger charge is -2.30. The molecule has 3 heterocycles. The molecule has 6 rings (SSSR count). The third-order valence-electron chi connectivity index (χ3n) is 7.09. The first kappa shape index (κ1) is 27.9. The van der Waals surface area contributed by atoms with Crippen molar-refractivity contribution in [3.8, 4) is 10.6 Å². The molecule has 11 heteroatoms. The number of aromatic nitrogens is 1. The molecule has 0 radical (unpaired) electrons. The predicted molar refractivity (Wildman–Crippen MR) is 169 cm³/mol. The van der Waals surface area contributed by atoms with Gasteiger partial charge in [-0.3, -0.25) is 14.4 Å². The molecule has 0 saturated heterocycles. The highest BCUT2D eigenvalue weighted by Gasteiger charge is 2.29. The summed E-state index contributed by atoms with van der Waals surface area (Å²) in [7, 11) is -3.94. The minimum absolute atomic E-state index is 0.0517. The first-order valence-electron chi connectivity index (χ1n) is 13.1. The Labute approximate surface area is 251 Å². The molecule has 0 fully saturated rings. The van der Waals surface area contributed by atoms with Gasteiger partial charge in [0, 0.05) is 34.6 Å². The minimum Gasteiger partial charge on any atom is -0.313 e. The van der Waals surface area contributed by atoms with Crippen LogP contribution in [-0.2, 0) is 23.0 Å². The van der Waals surface area contributed by atoms with Crippen LogP contribution in [0.3, 0.4) is 0 Å². The Morgan fingerprint density at radius 2 is 1.73 bits per heavy atom. The Bertz CT molecular complexity index is 1830. The van der Waals surface area contributed by atoms with E-state index in [0.29, 0.717) is 11.1 Å². The Hall–Kier alpha value is -3.28.